The molecule has 0 aliphatic heterocycles. The Bertz CT molecular complexity index is 635. The van der Waals surface area contributed by atoms with E-state index in [1.54, 1.807) is 5.43 Å². The van der Waals surface area contributed by atoms with E-state index in [4.69, 9.17) is 5.73 Å². The van der Waals surface area contributed by atoms with Gasteiger partial charge in [-0.25, -0.2) is 15.1 Å². The average molecular weight is 486 g/mol. The number of hydrogen-bond donors (Lipinski definition) is 6. The van der Waals surface area contributed by atoms with Gasteiger partial charge in [-0.1, -0.05) is 64.7 Å². The minimum Gasteiger partial charge on any atom is -0.426 e. The van der Waals surface area contributed by atoms with Crippen molar-refractivity contribution in [3.63, 3.8) is 0 Å². The van der Waals surface area contributed by atoms with Crippen LogP contribution < -0.4 is 21.8 Å². The maximum Gasteiger partial charge on any atom is 0.475 e. The number of guanidine groups is 1. The van der Waals surface area contributed by atoms with Crippen molar-refractivity contribution in [3.05, 3.63) is 10.1 Å². The minimum atomic E-state index is -1.73. The third-order valence-corrected chi connectivity index (χ3v) is 5.21. The van der Waals surface area contributed by atoms with Gasteiger partial charge in [-0.05, 0) is 31.6 Å². The summed E-state index contributed by atoms with van der Waals surface area (Å²) in [5.74, 6) is -1.88. The molecular formula is C21H43BN6O6. The second kappa shape index (κ2) is 19.0. The molecule has 34 heavy (non-hydrogen) atoms. The van der Waals surface area contributed by atoms with Crippen LogP contribution in [-0.2, 0) is 9.59 Å². The standard InChI is InChI=1S/C21H43BN6O6/c1-4-5-6-7-8-9-10-13-19(29)25-17(12-11-14-24-21(23)27-28(33)34)20(30)26-18(22(31)32)15-16(2)3/h16-18,31-32H,4-15H2,1-3H3,(H,25,29)(H,26,30)(H3,23,24,27)/t17-,18-/m0/s1. The molecule has 0 rings (SSSR count). The number of carbonyl (C=O) groups excluding carboxylic acids is 2. The summed E-state index contributed by atoms with van der Waals surface area (Å²) in [5, 5.41) is 34.1. The van der Waals surface area contributed by atoms with E-state index in [0.717, 1.165) is 25.7 Å². The predicted octanol–water partition coefficient (Wildman–Crippen LogP) is 1.03. The fourth-order valence-corrected chi connectivity index (χ4v) is 3.45. The Kier molecular flexibility index (Phi) is 17.6. The molecule has 0 aliphatic rings. The molecular weight excluding hydrogens is 443 g/mol. The van der Waals surface area contributed by atoms with Crippen molar-refractivity contribution in [1.29, 1.82) is 0 Å². The van der Waals surface area contributed by atoms with Crippen molar-refractivity contribution in [2.75, 3.05) is 6.54 Å². The van der Waals surface area contributed by atoms with E-state index in [-0.39, 0.29) is 30.8 Å². The number of nitrogens with zero attached hydrogens (tertiary/aromatic N) is 2. The lowest BCUT2D eigenvalue weighted by molar-refractivity contribution is -0.525. The zero-order valence-corrected chi connectivity index (χ0v) is 20.8. The van der Waals surface area contributed by atoms with Gasteiger partial charge in [0.1, 0.15) is 6.04 Å². The number of unbranched alkanes of at least 4 members (excludes halogenated alkanes) is 6. The van der Waals surface area contributed by atoms with Crippen LogP contribution in [0, 0.1) is 16.0 Å². The van der Waals surface area contributed by atoms with Gasteiger partial charge in [0.25, 0.3) is 5.96 Å². The van der Waals surface area contributed by atoms with Gasteiger partial charge in [0.15, 0.2) is 5.03 Å². The van der Waals surface area contributed by atoms with Crippen LogP contribution in [-0.4, -0.2) is 58.5 Å². The molecule has 2 atom stereocenters. The molecule has 196 valence electrons. The predicted molar refractivity (Wildman–Crippen MR) is 132 cm³/mol. The van der Waals surface area contributed by atoms with E-state index in [9.17, 15) is 29.8 Å². The van der Waals surface area contributed by atoms with Crippen LogP contribution in [0.15, 0.2) is 4.99 Å². The molecule has 0 radical (unpaired) electrons. The second-order valence-corrected chi connectivity index (χ2v) is 8.93. The summed E-state index contributed by atoms with van der Waals surface area (Å²) in [4.78, 5) is 39.4. The number of rotatable bonds is 19. The summed E-state index contributed by atoms with van der Waals surface area (Å²) in [6, 6.07) is -0.898. The van der Waals surface area contributed by atoms with Gasteiger partial charge in [0.05, 0.1) is 5.94 Å². The number of aliphatic imine (C=N–C) groups is 1. The summed E-state index contributed by atoms with van der Waals surface area (Å²) in [7, 11) is -1.73. The molecule has 7 N–H and O–H groups in total. The number of hydrazine groups is 1. The van der Waals surface area contributed by atoms with Crippen LogP contribution in [0.2, 0.25) is 0 Å². The lowest BCUT2D eigenvalue weighted by Gasteiger charge is -2.24. The highest BCUT2D eigenvalue weighted by Crippen LogP contribution is 2.10. The average Bonchev–Trinajstić information content (AvgIpc) is 2.73. The number of amides is 2. The van der Waals surface area contributed by atoms with Gasteiger partial charge >= 0.3 is 7.12 Å². The highest BCUT2D eigenvalue weighted by molar-refractivity contribution is 6.43. The Morgan fingerprint density at radius 3 is 2.24 bits per heavy atom. The van der Waals surface area contributed by atoms with Crippen LogP contribution >= 0.6 is 0 Å². The van der Waals surface area contributed by atoms with Gasteiger partial charge < -0.3 is 26.4 Å². The molecule has 12 nitrogen and oxygen atoms in total. The minimum absolute atomic E-state index is 0.113. The molecule has 0 bridgehead atoms. The molecule has 0 heterocycles. The lowest BCUT2D eigenvalue weighted by atomic mass is 9.75. The second-order valence-electron chi connectivity index (χ2n) is 8.93. The number of nitrogens with two attached hydrogens (primary N) is 1. The van der Waals surface area contributed by atoms with Crippen LogP contribution in [0.4, 0.5) is 0 Å². The van der Waals surface area contributed by atoms with Gasteiger partial charge in [0, 0.05) is 13.0 Å². The first kappa shape index (κ1) is 31.6. The first-order valence-corrected chi connectivity index (χ1v) is 12.2. The van der Waals surface area contributed by atoms with E-state index < -0.39 is 30.0 Å². The van der Waals surface area contributed by atoms with Crippen LogP contribution in [0.1, 0.15) is 91.4 Å². The van der Waals surface area contributed by atoms with Crippen molar-refractivity contribution < 1.29 is 24.7 Å². The molecule has 0 saturated carbocycles. The lowest BCUT2D eigenvalue weighted by Crippen LogP contribution is -2.54. The number of nitrogens with one attached hydrogen (secondary N) is 3. The normalized spacial score (nSPS) is 13.3. The summed E-state index contributed by atoms with van der Waals surface area (Å²) in [6.07, 6.45) is 8.68. The van der Waals surface area contributed by atoms with Crippen molar-refractivity contribution in [2.45, 2.75) is 103 Å². The van der Waals surface area contributed by atoms with E-state index in [2.05, 4.69) is 22.5 Å². The Hall–Kier alpha value is -2.41. The maximum absolute atomic E-state index is 12.8. The Morgan fingerprint density at radius 2 is 1.68 bits per heavy atom. The van der Waals surface area contributed by atoms with Gasteiger partial charge in [-0.2, -0.15) is 0 Å². The van der Waals surface area contributed by atoms with Gasteiger partial charge in [-0.3, -0.25) is 9.59 Å². The zero-order valence-electron chi connectivity index (χ0n) is 20.8. The molecule has 0 unspecified atom stereocenters. The third kappa shape index (κ3) is 17.1. The van der Waals surface area contributed by atoms with Crippen LogP contribution in [0.3, 0.4) is 0 Å². The third-order valence-electron chi connectivity index (χ3n) is 5.21. The van der Waals surface area contributed by atoms with Gasteiger partial charge in [-0.15, -0.1) is 0 Å². The van der Waals surface area contributed by atoms with Crippen molar-refractivity contribution >= 4 is 24.9 Å². The Morgan fingerprint density at radius 1 is 1.06 bits per heavy atom. The highest BCUT2D eigenvalue weighted by atomic mass is 16.7. The summed E-state index contributed by atoms with van der Waals surface area (Å²) >= 11 is 0. The highest BCUT2D eigenvalue weighted by Gasteiger charge is 2.29. The molecule has 13 heteroatoms. The van der Waals surface area contributed by atoms with E-state index in [1.165, 1.54) is 19.3 Å². The van der Waals surface area contributed by atoms with Gasteiger partial charge in [0.2, 0.25) is 11.8 Å². The molecule has 0 aromatic rings. The van der Waals surface area contributed by atoms with Crippen LogP contribution in [0.5, 0.6) is 0 Å². The van der Waals surface area contributed by atoms with E-state index in [0.29, 0.717) is 19.3 Å². The van der Waals surface area contributed by atoms with E-state index in [1.807, 2.05) is 13.8 Å². The first-order valence-electron chi connectivity index (χ1n) is 12.2. The largest absolute Gasteiger partial charge is 0.475 e. The smallest absolute Gasteiger partial charge is 0.426 e. The number of nitro groups is 1. The molecule has 0 aromatic carbocycles. The van der Waals surface area contributed by atoms with Crippen molar-refractivity contribution in [3.8, 4) is 0 Å². The fraction of sp³-hybridized carbons (Fsp3) is 0.857. The molecule has 0 aromatic heterocycles. The molecule has 0 aliphatic carbocycles. The van der Waals surface area contributed by atoms with Crippen LogP contribution in [0.25, 0.3) is 0 Å². The number of hydrogen-bond acceptors (Lipinski definition) is 7. The van der Waals surface area contributed by atoms with E-state index >= 15 is 0 Å². The monoisotopic (exact) mass is 486 g/mol. The number of carbonyl (C=O) groups is 2. The topological polar surface area (TPSA) is 192 Å². The quantitative estimate of drug-likeness (QED) is 0.0389. The fourth-order valence-electron chi connectivity index (χ4n) is 3.45. The summed E-state index contributed by atoms with van der Waals surface area (Å²) in [5.41, 5.74) is 7.11. The molecule has 0 saturated heterocycles. The Labute approximate surface area is 202 Å². The zero-order chi connectivity index (χ0) is 25.9. The SMILES string of the molecule is CCCCCCCCCC(=O)N[C@@H](CCCN=C(N)N[N+](=O)[O-])C(=O)N[C@@H](CC(C)C)B(O)O. The van der Waals surface area contributed by atoms with Crippen molar-refractivity contribution in [1.82, 2.24) is 16.1 Å². The maximum atomic E-state index is 12.8. The van der Waals surface area contributed by atoms with Crippen molar-refractivity contribution in [2.24, 2.45) is 16.6 Å². The summed E-state index contributed by atoms with van der Waals surface area (Å²) in [6.45, 7) is 6.06. The molecule has 0 fully saturated rings. The summed E-state index contributed by atoms with van der Waals surface area (Å²) < 4.78 is 0. The molecule has 0 spiro atoms. The molecule has 2 amide bonds. The first-order chi connectivity index (χ1) is 16.1. The Balaban J connectivity index is 4.86.